The third-order valence-electron chi connectivity index (χ3n) is 4.05. The van der Waals surface area contributed by atoms with Crippen LogP contribution in [0.2, 0.25) is 0 Å². The quantitative estimate of drug-likeness (QED) is 0.905. The second kappa shape index (κ2) is 5.60. The van der Waals surface area contributed by atoms with Crippen LogP contribution in [0.25, 0.3) is 0 Å². The summed E-state index contributed by atoms with van der Waals surface area (Å²) in [6, 6.07) is 16.3. The third kappa shape index (κ3) is 2.77. The molecular formula is C18H20N2O. The highest BCUT2D eigenvalue weighted by atomic mass is 16.2. The van der Waals surface area contributed by atoms with Crippen LogP contribution in [0.3, 0.4) is 0 Å². The molecule has 1 aliphatic heterocycles. The van der Waals surface area contributed by atoms with E-state index < -0.39 is 0 Å². The molecule has 3 heteroatoms. The summed E-state index contributed by atoms with van der Waals surface area (Å²) in [4.78, 5) is 12.5. The number of benzene rings is 2. The number of amides is 1. The first-order valence-corrected chi connectivity index (χ1v) is 7.35. The van der Waals surface area contributed by atoms with Crippen molar-refractivity contribution in [2.75, 3.05) is 11.9 Å². The van der Waals surface area contributed by atoms with Crippen LogP contribution < -0.4 is 10.6 Å². The Morgan fingerprint density at radius 3 is 2.86 bits per heavy atom. The van der Waals surface area contributed by atoms with Gasteiger partial charge in [-0.3, -0.25) is 4.79 Å². The Hall–Kier alpha value is -2.29. The number of aryl methyl sites for hydroxylation is 1. The van der Waals surface area contributed by atoms with Crippen LogP contribution in [-0.2, 0) is 4.79 Å². The van der Waals surface area contributed by atoms with Crippen LogP contribution >= 0.6 is 0 Å². The zero-order chi connectivity index (χ0) is 14.8. The van der Waals surface area contributed by atoms with Gasteiger partial charge in [0.1, 0.15) is 0 Å². The molecule has 0 fully saturated rings. The molecule has 2 aromatic carbocycles. The fraction of sp³-hybridized carbons (Fsp3) is 0.278. The number of anilines is 1. The first kappa shape index (κ1) is 13.7. The largest absolute Gasteiger partial charge is 0.384 e. The number of carbonyl (C=O) groups excluding carboxylic acids is 1. The molecule has 0 aliphatic carbocycles. The Morgan fingerprint density at radius 2 is 2.05 bits per heavy atom. The van der Waals surface area contributed by atoms with E-state index in [1.807, 2.05) is 37.3 Å². The molecule has 2 atom stereocenters. The maximum Gasteiger partial charge on any atom is 0.229 e. The lowest BCUT2D eigenvalue weighted by Gasteiger charge is -2.18. The summed E-state index contributed by atoms with van der Waals surface area (Å²) >= 11 is 0. The van der Waals surface area contributed by atoms with Crippen molar-refractivity contribution in [1.29, 1.82) is 0 Å². The van der Waals surface area contributed by atoms with Crippen molar-refractivity contribution < 1.29 is 4.79 Å². The molecule has 2 aromatic rings. The van der Waals surface area contributed by atoms with Gasteiger partial charge in [-0.2, -0.15) is 0 Å². The molecule has 0 spiro atoms. The molecule has 0 saturated heterocycles. The van der Waals surface area contributed by atoms with Gasteiger partial charge in [-0.15, -0.1) is 0 Å². The molecule has 0 saturated carbocycles. The van der Waals surface area contributed by atoms with Gasteiger partial charge in [0.05, 0.1) is 12.0 Å². The normalized spacial score (nSPS) is 17.7. The van der Waals surface area contributed by atoms with E-state index in [2.05, 4.69) is 35.8 Å². The van der Waals surface area contributed by atoms with Crippen molar-refractivity contribution in [3.05, 3.63) is 65.2 Å². The van der Waals surface area contributed by atoms with Crippen molar-refractivity contribution in [3.8, 4) is 0 Å². The number of hydrogen-bond acceptors (Lipinski definition) is 2. The van der Waals surface area contributed by atoms with Gasteiger partial charge >= 0.3 is 0 Å². The summed E-state index contributed by atoms with van der Waals surface area (Å²) in [6.45, 7) is 4.77. The highest BCUT2D eigenvalue weighted by Gasteiger charge is 2.28. The van der Waals surface area contributed by atoms with Crippen molar-refractivity contribution in [2.45, 2.75) is 25.8 Å². The van der Waals surface area contributed by atoms with E-state index in [0.29, 0.717) is 6.54 Å². The van der Waals surface area contributed by atoms with Crippen LogP contribution in [0.5, 0.6) is 0 Å². The van der Waals surface area contributed by atoms with E-state index in [1.165, 1.54) is 5.56 Å². The number of carbonyl (C=O) groups is 1. The number of rotatable bonds is 3. The Bertz CT molecular complexity index is 666. The van der Waals surface area contributed by atoms with Crippen LogP contribution in [0, 0.1) is 6.92 Å². The number of hydrogen-bond donors (Lipinski definition) is 2. The lowest BCUT2D eigenvalue weighted by atomic mass is 9.99. The zero-order valence-electron chi connectivity index (χ0n) is 12.4. The van der Waals surface area contributed by atoms with E-state index >= 15 is 0 Å². The predicted octanol–water partition coefficient (Wildman–Crippen LogP) is 3.38. The minimum atomic E-state index is -0.103. The molecule has 1 heterocycles. The standard InChI is InChI=1S/C18H20N2O/c1-12-6-5-7-14(10-12)13(2)20-18(21)16-11-19-17-9-4-3-8-15(16)17/h3-10,13,16,19H,11H2,1-2H3,(H,20,21)/t13-,16?/m1/s1. The molecule has 1 aliphatic rings. The van der Waals surface area contributed by atoms with Crippen LogP contribution in [0.15, 0.2) is 48.5 Å². The van der Waals surface area contributed by atoms with Gasteiger partial charge < -0.3 is 10.6 Å². The average Bonchev–Trinajstić information content (AvgIpc) is 2.91. The molecule has 3 nitrogen and oxygen atoms in total. The minimum Gasteiger partial charge on any atom is -0.384 e. The van der Waals surface area contributed by atoms with Crippen molar-refractivity contribution in [2.24, 2.45) is 0 Å². The average molecular weight is 280 g/mol. The summed E-state index contributed by atoms with van der Waals surface area (Å²) in [7, 11) is 0. The Morgan fingerprint density at radius 1 is 1.24 bits per heavy atom. The predicted molar refractivity (Wildman–Crippen MR) is 85.4 cm³/mol. The fourth-order valence-electron chi connectivity index (χ4n) is 2.85. The van der Waals surface area contributed by atoms with Gasteiger partial charge in [-0.05, 0) is 31.0 Å². The minimum absolute atomic E-state index is 0.0187. The first-order valence-electron chi connectivity index (χ1n) is 7.35. The van der Waals surface area contributed by atoms with E-state index in [1.54, 1.807) is 0 Å². The van der Waals surface area contributed by atoms with Gasteiger partial charge in [-0.1, -0.05) is 48.0 Å². The topological polar surface area (TPSA) is 41.1 Å². The van der Waals surface area contributed by atoms with Crippen LogP contribution in [-0.4, -0.2) is 12.5 Å². The smallest absolute Gasteiger partial charge is 0.229 e. The highest BCUT2D eigenvalue weighted by molar-refractivity contribution is 5.88. The molecule has 0 radical (unpaired) electrons. The number of para-hydroxylation sites is 1. The molecule has 3 rings (SSSR count). The van der Waals surface area contributed by atoms with Crippen LogP contribution in [0.1, 0.15) is 35.6 Å². The van der Waals surface area contributed by atoms with Crippen molar-refractivity contribution in [3.63, 3.8) is 0 Å². The van der Waals surface area contributed by atoms with Gasteiger partial charge in [-0.25, -0.2) is 0 Å². The van der Waals surface area contributed by atoms with Crippen molar-refractivity contribution >= 4 is 11.6 Å². The molecule has 21 heavy (non-hydrogen) atoms. The molecule has 1 unspecified atom stereocenters. The molecule has 108 valence electrons. The molecule has 0 bridgehead atoms. The maximum absolute atomic E-state index is 12.5. The Kier molecular flexibility index (Phi) is 3.65. The van der Waals surface area contributed by atoms with E-state index in [4.69, 9.17) is 0 Å². The summed E-state index contributed by atoms with van der Waals surface area (Å²) in [6.07, 6.45) is 0. The van der Waals surface area contributed by atoms with E-state index in [0.717, 1.165) is 16.8 Å². The number of nitrogens with one attached hydrogen (secondary N) is 2. The van der Waals surface area contributed by atoms with Gasteiger partial charge in [0.25, 0.3) is 0 Å². The summed E-state index contributed by atoms with van der Waals surface area (Å²) < 4.78 is 0. The van der Waals surface area contributed by atoms with Crippen LogP contribution in [0.4, 0.5) is 5.69 Å². The second-order valence-corrected chi connectivity index (χ2v) is 5.67. The lowest BCUT2D eigenvalue weighted by Crippen LogP contribution is -2.32. The SMILES string of the molecule is Cc1cccc([C@@H](C)NC(=O)C2CNc3ccccc32)c1. The summed E-state index contributed by atoms with van der Waals surface area (Å²) in [5.74, 6) is -0.0186. The highest BCUT2D eigenvalue weighted by Crippen LogP contribution is 2.31. The zero-order valence-corrected chi connectivity index (χ0v) is 12.4. The van der Waals surface area contributed by atoms with Gasteiger partial charge in [0.15, 0.2) is 0 Å². The molecule has 0 aromatic heterocycles. The fourth-order valence-corrected chi connectivity index (χ4v) is 2.85. The first-order chi connectivity index (χ1) is 10.1. The maximum atomic E-state index is 12.5. The molecule has 1 amide bonds. The van der Waals surface area contributed by atoms with E-state index in [9.17, 15) is 4.79 Å². The Balaban J connectivity index is 1.73. The second-order valence-electron chi connectivity index (χ2n) is 5.67. The molecular weight excluding hydrogens is 260 g/mol. The molecule has 2 N–H and O–H groups in total. The van der Waals surface area contributed by atoms with Gasteiger partial charge in [0, 0.05) is 12.2 Å². The van der Waals surface area contributed by atoms with Crippen molar-refractivity contribution in [1.82, 2.24) is 5.32 Å². The summed E-state index contributed by atoms with van der Waals surface area (Å²) in [5, 5.41) is 6.42. The lowest BCUT2D eigenvalue weighted by molar-refractivity contribution is -0.122. The summed E-state index contributed by atoms with van der Waals surface area (Å²) in [5.41, 5.74) is 4.51. The third-order valence-corrected chi connectivity index (χ3v) is 4.05. The Labute approximate surface area is 125 Å². The van der Waals surface area contributed by atoms with Gasteiger partial charge in [0.2, 0.25) is 5.91 Å². The monoisotopic (exact) mass is 280 g/mol. The number of fused-ring (bicyclic) bond motifs is 1. The van der Waals surface area contributed by atoms with E-state index in [-0.39, 0.29) is 17.9 Å².